The molecule has 2 amide bonds. The maximum absolute atomic E-state index is 12.2. The summed E-state index contributed by atoms with van der Waals surface area (Å²) in [6, 6.07) is 5.19. The Morgan fingerprint density at radius 2 is 2.05 bits per heavy atom. The minimum absolute atomic E-state index is 0.0224. The Bertz CT molecular complexity index is 528. The summed E-state index contributed by atoms with van der Waals surface area (Å²) in [4.78, 5) is 23.7. The molecular formula is C15H21N3O2. The second-order valence-electron chi connectivity index (χ2n) is 5.30. The normalized spacial score (nSPS) is 21.6. The van der Waals surface area contributed by atoms with Crippen molar-refractivity contribution in [2.45, 2.75) is 32.2 Å². The van der Waals surface area contributed by atoms with Gasteiger partial charge in [-0.1, -0.05) is 6.42 Å². The maximum atomic E-state index is 12.2. The third-order valence-corrected chi connectivity index (χ3v) is 3.88. The Hall–Kier alpha value is -1.88. The number of carbonyl (C=O) groups is 2. The van der Waals surface area contributed by atoms with E-state index in [1.54, 1.807) is 25.2 Å². The van der Waals surface area contributed by atoms with E-state index in [0.717, 1.165) is 30.5 Å². The summed E-state index contributed by atoms with van der Waals surface area (Å²) in [5.74, 6) is -0.261. The smallest absolute Gasteiger partial charge is 0.251 e. The van der Waals surface area contributed by atoms with Crippen molar-refractivity contribution in [1.82, 2.24) is 5.32 Å². The van der Waals surface area contributed by atoms with Crippen LogP contribution in [0.1, 0.15) is 35.2 Å². The summed E-state index contributed by atoms with van der Waals surface area (Å²) in [5.41, 5.74) is 8.13. The fourth-order valence-corrected chi connectivity index (χ4v) is 2.63. The summed E-state index contributed by atoms with van der Waals surface area (Å²) < 4.78 is 0. The van der Waals surface area contributed by atoms with Gasteiger partial charge in [-0.25, -0.2) is 0 Å². The average Bonchev–Trinajstić information content (AvgIpc) is 2.86. The number of benzene rings is 1. The lowest BCUT2D eigenvalue weighted by atomic mass is 10.0. The van der Waals surface area contributed by atoms with Crippen LogP contribution in [0.25, 0.3) is 0 Å². The molecule has 5 nitrogen and oxygen atoms in total. The molecular weight excluding hydrogens is 254 g/mol. The summed E-state index contributed by atoms with van der Waals surface area (Å²) in [6.45, 7) is 1.87. The van der Waals surface area contributed by atoms with E-state index < -0.39 is 0 Å². The number of amides is 2. The molecule has 0 aliphatic heterocycles. The van der Waals surface area contributed by atoms with E-state index >= 15 is 0 Å². The Kier molecular flexibility index (Phi) is 4.39. The molecule has 20 heavy (non-hydrogen) atoms. The van der Waals surface area contributed by atoms with Gasteiger partial charge in [-0.3, -0.25) is 9.59 Å². The van der Waals surface area contributed by atoms with Crippen LogP contribution in [0.3, 0.4) is 0 Å². The lowest BCUT2D eigenvalue weighted by molar-refractivity contribution is -0.120. The molecule has 0 heterocycles. The van der Waals surface area contributed by atoms with Gasteiger partial charge in [-0.05, 0) is 43.5 Å². The second-order valence-corrected chi connectivity index (χ2v) is 5.30. The number of rotatable bonds is 3. The van der Waals surface area contributed by atoms with Gasteiger partial charge in [0.2, 0.25) is 5.91 Å². The maximum Gasteiger partial charge on any atom is 0.251 e. The van der Waals surface area contributed by atoms with Gasteiger partial charge in [-0.15, -0.1) is 0 Å². The summed E-state index contributed by atoms with van der Waals surface area (Å²) in [5, 5.41) is 5.49. The Balaban J connectivity index is 2.10. The van der Waals surface area contributed by atoms with E-state index in [-0.39, 0.29) is 23.8 Å². The summed E-state index contributed by atoms with van der Waals surface area (Å²) >= 11 is 0. The van der Waals surface area contributed by atoms with Crippen molar-refractivity contribution in [2.24, 2.45) is 11.7 Å². The number of nitrogens with one attached hydrogen (secondary N) is 2. The van der Waals surface area contributed by atoms with E-state index in [4.69, 9.17) is 5.73 Å². The highest BCUT2D eigenvalue weighted by Gasteiger charge is 2.30. The van der Waals surface area contributed by atoms with Gasteiger partial charge in [0.25, 0.3) is 5.91 Å². The van der Waals surface area contributed by atoms with Crippen LogP contribution in [0, 0.1) is 12.8 Å². The predicted molar refractivity (Wildman–Crippen MR) is 78.5 cm³/mol. The van der Waals surface area contributed by atoms with Crippen molar-refractivity contribution < 1.29 is 9.59 Å². The Morgan fingerprint density at radius 3 is 2.60 bits per heavy atom. The van der Waals surface area contributed by atoms with Crippen molar-refractivity contribution >= 4 is 17.5 Å². The molecule has 1 saturated carbocycles. The quantitative estimate of drug-likeness (QED) is 0.780. The molecule has 0 bridgehead atoms. The molecule has 2 rings (SSSR count). The van der Waals surface area contributed by atoms with Crippen LogP contribution >= 0.6 is 0 Å². The zero-order valence-electron chi connectivity index (χ0n) is 11.9. The van der Waals surface area contributed by atoms with Gasteiger partial charge in [0, 0.05) is 24.3 Å². The van der Waals surface area contributed by atoms with E-state index in [0.29, 0.717) is 5.56 Å². The molecule has 108 valence electrons. The standard InChI is InChI=1S/C15H21N3O2/c1-9-8-10(14(19)17-2)6-7-13(9)18-15(20)11-4-3-5-12(11)16/h6-8,11-12H,3-5,16H2,1-2H3,(H,17,19)(H,18,20). The van der Waals surface area contributed by atoms with E-state index in [1.807, 2.05) is 6.92 Å². The molecule has 2 unspecified atom stereocenters. The molecule has 1 aromatic rings. The highest BCUT2D eigenvalue weighted by atomic mass is 16.2. The molecule has 5 heteroatoms. The van der Waals surface area contributed by atoms with Crippen LogP contribution in [0.4, 0.5) is 5.69 Å². The van der Waals surface area contributed by atoms with Crippen molar-refractivity contribution in [2.75, 3.05) is 12.4 Å². The molecule has 0 spiro atoms. The molecule has 1 aliphatic carbocycles. The average molecular weight is 275 g/mol. The third kappa shape index (κ3) is 2.99. The van der Waals surface area contributed by atoms with Crippen molar-refractivity contribution in [3.8, 4) is 0 Å². The molecule has 0 aromatic heterocycles. The van der Waals surface area contributed by atoms with Crippen LogP contribution in [-0.2, 0) is 4.79 Å². The summed E-state index contributed by atoms with van der Waals surface area (Å²) in [6.07, 6.45) is 2.77. The Labute approximate surface area is 118 Å². The topological polar surface area (TPSA) is 84.2 Å². The third-order valence-electron chi connectivity index (χ3n) is 3.88. The van der Waals surface area contributed by atoms with Crippen LogP contribution in [0.5, 0.6) is 0 Å². The van der Waals surface area contributed by atoms with Crippen molar-refractivity contribution in [3.05, 3.63) is 29.3 Å². The number of hydrogen-bond donors (Lipinski definition) is 3. The van der Waals surface area contributed by atoms with E-state index in [2.05, 4.69) is 10.6 Å². The highest BCUT2D eigenvalue weighted by molar-refractivity contribution is 5.97. The first-order chi connectivity index (χ1) is 9.52. The number of aryl methyl sites for hydroxylation is 1. The molecule has 1 aromatic carbocycles. The number of carbonyl (C=O) groups excluding carboxylic acids is 2. The van der Waals surface area contributed by atoms with E-state index in [1.165, 1.54) is 0 Å². The van der Waals surface area contributed by atoms with Crippen LogP contribution in [0.2, 0.25) is 0 Å². The molecule has 1 aliphatic rings. The molecule has 2 atom stereocenters. The van der Waals surface area contributed by atoms with Gasteiger partial charge in [0.05, 0.1) is 5.92 Å². The van der Waals surface area contributed by atoms with Crippen molar-refractivity contribution in [3.63, 3.8) is 0 Å². The lowest BCUT2D eigenvalue weighted by Gasteiger charge is -2.16. The molecule has 0 radical (unpaired) electrons. The fraction of sp³-hybridized carbons (Fsp3) is 0.467. The predicted octanol–water partition coefficient (Wildman–Crippen LogP) is 1.42. The highest BCUT2D eigenvalue weighted by Crippen LogP contribution is 2.26. The first kappa shape index (κ1) is 14.5. The van der Waals surface area contributed by atoms with Gasteiger partial charge in [0.1, 0.15) is 0 Å². The molecule has 1 fully saturated rings. The SMILES string of the molecule is CNC(=O)c1ccc(NC(=O)C2CCCC2N)c(C)c1. The largest absolute Gasteiger partial charge is 0.355 e. The molecule has 0 saturated heterocycles. The zero-order chi connectivity index (χ0) is 14.7. The minimum Gasteiger partial charge on any atom is -0.355 e. The van der Waals surface area contributed by atoms with Crippen LogP contribution in [0.15, 0.2) is 18.2 Å². The van der Waals surface area contributed by atoms with Crippen LogP contribution < -0.4 is 16.4 Å². The van der Waals surface area contributed by atoms with Gasteiger partial charge < -0.3 is 16.4 Å². The summed E-state index contributed by atoms with van der Waals surface area (Å²) in [7, 11) is 1.59. The first-order valence-corrected chi connectivity index (χ1v) is 6.92. The Morgan fingerprint density at radius 1 is 1.30 bits per heavy atom. The van der Waals surface area contributed by atoms with Crippen molar-refractivity contribution in [1.29, 1.82) is 0 Å². The van der Waals surface area contributed by atoms with Crippen LogP contribution in [-0.4, -0.2) is 24.9 Å². The second kappa shape index (κ2) is 6.05. The zero-order valence-corrected chi connectivity index (χ0v) is 11.9. The first-order valence-electron chi connectivity index (χ1n) is 6.92. The van der Waals surface area contributed by atoms with E-state index in [9.17, 15) is 9.59 Å². The van der Waals surface area contributed by atoms with Gasteiger partial charge >= 0.3 is 0 Å². The number of hydrogen-bond acceptors (Lipinski definition) is 3. The number of nitrogens with two attached hydrogens (primary N) is 1. The number of anilines is 1. The monoisotopic (exact) mass is 275 g/mol. The lowest BCUT2D eigenvalue weighted by Crippen LogP contribution is -2.34. The van der Waals surface area contributed by atoms with Gasteiger partial charge in [-0.2, -0.15) is 0 Å². The minimum atomic E-state index is -0.135. The van der Waals surface area contributed by atoms with Gasteiger partial charge in [0.15, 0.2) is 0 Å². The molecule has 4 N–H and O–H groups in total. The fourth-order valence-electron chi connectivity index (χ4n) is 2.63.